The number of aliphatic hydroxyl groups is 1. The molecule has 1 aliphatic rings. The van der Waals surface area contributed by atoms with Crippen molar-refractivity contribution in [2.75, 3.05) is 5.75 Å². The number of aromatic nitrogens is 4. The monoisotopic (exact) mass is 483 g/mol. The molecular formula is C27H25N5O2S. The zero-order chi connectivity index (χ0) is 24.2. The maximum atomic E-state index is 13.3. The Morgan fingerprint density at radius 1 is 1.11 bits per heavy atom. The Kier molecular flexibility index (Phi) is 6.68. The Morgan fingerprint density at radius 2 is 1.91 bits per heavy atom. The topological polar surface area (TPSA) is 108 Å². The number of nitriles is 1. The first kappa shape index (κ1) is 22.9. The summed E-state index contributed by atoms with van der Waals surface area (Å²) in [7, 11) is 0. The minimum atomic E-state index is -0.111. The summed E-state index contributed by atoms with van der Waals surface area (Å²) in [6.45, 7) is 0.532. The Hall–Kier alpha value is -3.83. The number of allylic oxidation sites excluding steroid dienone is 3. The number of rotatable bonds is 7. The third kappa shape index (κ3) is 4.86. The SMILES string of the molecule is N#C/C(=C(\O)CSc1nc2ccccc2c(=O)n1CCC1=CCCCC1)c1nc2ccccc2[nH]1. The highest BCUT2D eigenvalue weighted by Crippen LogP contribution is 2.26. The molecule has 5 rings (SSSR count). The van der Waals surface area contributed by atoms with E-state index >= 15 is 0 Å². The van der Waals surface area contributed by atoms with Gasteiger partial charge in [-0.05, 0) is 56.4 Å². The first-order valence-electron chi connectivity index (χ1n) is 11.7. The van der Waals surface area contributed by atoms with Gasteiger partial charge in [-0.25, -0.2) is 9.97 Å². The van der Waals surface area contributed by atoms with E-state index in [0.717, 1.165) is 30.3 Å². The molecule has 2 aromatic heterocycles. The van der Waals surface area contributed by atoms with Crippen LogP contribution in [0.1, 0.15) is 37.9 Å². The number of H-pyrrole nitrogens is 1. The highest BCUT2D eigenvalue weighted by atomic mass is 32.2. The second kappa shape index (κ2) is 10.2. The van der Waals surface area contributed by atoms with Gasteiger partial charge in [0.2, 0.25) is 0 Å². The average Bonchev–Trinajstić information content (AvgIpc) is 3.32. The summed E-state index contributed by atoms with van der Waals surface area (Å²) in [4.78, 5) is 25.6. The average molecular weight is 484 g/mol. The minimum Gasteiger partial charge on any atom is -0.510 e. The van der Waals surface area contributed by atoms with Gasteiger partial charge < -0.3 is 10.1 Å². The molecule has 8 heteroatoms. The van der Waals surface area contributed by atoms with Crippen LogP contribution in [0.15, 0.2) is 75.9 Å². The molecule has 0 amide bonds. The predicted octanol–water partition coefficient (Wildman–Crippen LogP) is 5.75. The van der Waals surface area contributed by atoms with Crippen molar-refractivity contribution < 1.29 is 5.11 Å². The molecule has 0 saturated heterocycles. The lowest BCUT2D eigenvalue weighted by Crippen LogP contribution is -2.24. The van der Waals surface area contributed by atoms with Gasteiger partial charge in [0.25, 0.3) is 5.56 Å². The molecule has 0 fully saturated rings. The fourth-order valence-corrected chi connectivity index (χ4v) is 5.28. The minimum absolute atomic E-state index is 0.0794. The number of aromatic amines is 1. The van der Waals surface area contributed by atoms with E-state index in [4.69, 9.17) is 4.98 Å². The van der Waals surface area contributed by atoms with Crippen molar-refractivity contribution >= 4 is 39.3 Å². The van der Waals surface area contributed by atoms with Crippen molar-refractivity contribution in [3.8, 4) is 6.07 Å². The molecule has 4 aromatic rings. The van der Waals surface area contributed by atoms with Crippen LogP contribution in [-0.2, 0) is 6.54 Å². The zero-order valence-electron chi connectivity index (χ0n) is 19.2. The number of benzene rings is 2. The lowest BCUT2D eigenvalue weighted by molar-refractivity contribution is 0.420. The number of aliphatic hydroxyl groups excluding tert-OH is 1. The van der Waals surface area contributed by atoms with Gasteiger partial charge in [0.15, 0.2) is 11.0 Å². The molecule has 0 atom stereocenters. The summed E-state index contributed by atoms with van der Waals surface area (Å²) in [5, 5.41) is 21.6. The molecule has 0 bridgehead atoms. The molecule has 2 aromatic carbocycles. The van der Waals surface area contributed by atoms with E-state index in [9.17, 15) is 15.2 Å². The summed E-state index contributed by atoms with van der Waals surface area (Å²) in [6.07, 6.45) is 7.68. The Labute approximate surface area is 206 Å². The Balaban J connectivity index is 1.45. The number of hydrogen-bond donors (Lipinski definition) is 2. The maximum Gasteiger partial charge on any atom is 0.262 e. The number of fused-ring (bicyclic) bond motifs is 2. The lowest BCUT2D eigenvalue weighted by Gasteiger charge is -2.16. The van der Waals surface area contributed by atoms with Gasteiger partial charge >= 0.3 is 0 Å². The van der Waals surface area contributed by atoms with Gasteiger partial charge in [-0.1, -0.05) is 47.7 Å². The quantitative estimate of drug-likeness (QED) is 0.114. The molecule has 2 N–H and O–H groups in total. The molecule has 176 valence electrons. The van der Waals surface area contributed by atoms with E-state index in [-0.39, 0.29) is 22.6 Å². The van der Waals surface area contributed by atoms with Crippen molar-refractivity contribution in [3.05, 3.63) is 82.1 Å². The summed E-state index contributed by atoms with van der Waals surface area (Å²) in [6, 6.07) is 16.8. The normalized spacial score (nSPS) is 14.5. The zero-order valence-corrected chi connectivity index (χ0v) is 20.0. The van der Waals surface area contributed by atoms with Crippen molar-refractivity contribution in [3.63, 3.8) is 0 Å². The molecule has 0 saturated carbocycles. The van der Waals surface area contributed by atoms with Crippen molar-refractivity contribution in [1.82, 2.24) is 19.5 Å². The highest BCUT2D eigenvalue weighted by Gasteiger charge is 2.17. The molecule has 0 unspecified atom stereocenters. The number of imidazole rings is 1. The summed E-state index contributed by atoms with van der Waals surface area (Å²) >= 11 is 1.25. The van der Waals surface area contributed by atoms with E-state index in [0.29, 0.717) is 28.4 Å². The molecule has 0 spiro atoms. The van der Waals surface area contributed by atoms with E-state index in [1.807, 2.05) is 42.5 Å². The second-order valence-corrected chi connectivity index (χ2v) is 9.49. The van der Waals surface area contributed by atoms with Crippen LogP contribution in [0.25, 0.3) is 27.5 Å². The van der Waals surface area contributed by atoms with Gasteiger partial charge in [0.05, 0.1) is 27.7 Å². The standard InChI is InChI=1S/C27H25N5O2S/c28-16-20(25-29-22-12-6-7-13-23(22)30-25)24(33)17-35-27-31-21-11-5-4-10-19(21)26(34)32(27)15-14-18-8-2-1-3-9-18/h4-8,10-13,33H,1-3,9,14-15,17H2,(H,29,30)/b24-20+. The first-order chi connectivity index (χ1) is 17.1. The van der Waals surface area contributed by atoms with Gasteiger partial charge in [0.1, 0.15) is 17.4 Å². The summed E-state index contributed by atoms with van der Waals surface area (Å²) < 4.78 is 1.70. The van der Waals surface area contributed by atoms with Crippen LogP contribution in [0, 0.1) is 11.3 Å². The maximum absolute atomic E-state index is 13.3. The Bertz CT molecular complexity index is 1520. The first-order valence-corrected chi connectivity index (χ1v) is 12.7. The van der Waals surface area contributed by atoms with Crippen LogP contribution in [0.5, 0.6) is 0 Å². The van der Waals surface area contributed by atoms with Crippen molar-refractivity contribution in [1.29, 1.82) is 5.26 Å². The van der Waals surface area contributed by atoms with Crippen LogP contribution < -0.4 is 5.56 Å². The number of hydrogen-bond acceptors (Lipinski definition) is 6. The fraction of sp³-hybridized carbons (Fsp3) is 0.259. The molecule has 2 heterocycles. The van der Waals surface area contributed by atoms with Crippen LogP contribution in [0.3, 0.4) is 0 Å². The van der Waals surface area contributed by atoms with Gasteiger partial charge in [-0.15, -0.1) is 0 Å². The molecule has 0 aliphatic heterocycles. The number of para-hydroxylation sites is 3. The number of nitrogens with zero attached hydrogens (tertiary/aromatic N) is 4. The molecule has 7 nitrogen and oxygen atoms in total. The third-order valence-corrected chi connectivity index (χ3v) is 7.22. The fourth-order valence-electron chi connectivity index (χ4n) is 4.37. The van der Waals surface area contributed by atoms with E-state index in [1.165, 1.54) is 30.2 Å². The molecule has 35 heavy (non-hydrogen) atoms. The van der Waals surface area contributed by atoms with E-state index in [2.05, 4.69) is 22.1 Å². The smallest absolute Gasteiger partial charge is 0.262 e. The van der Waals surface area contributed by atoms with E-state index < -0.39 is 0 Å². The summed E-state index contributed by atoms with van der Waals surface area (Å²) in [5.41, 5.74) is 3.50. The molecule has 0 radical (unpaired) electrons. The Morgan fingerprint density at radius 3 is 2.69 bits per heavy atom. The third-order valence-electron chi connectivity index (χ3n) is 6.23. The van der Waals surface area contributed by atoms with Crippen molar-refractivity contribution in [2.45, 2.75) is 43.8 Å². The van der Waals surface area contributed by atoms with Crippen LogP contribution >= 0.6 is 11.8 Å². The van der Waals surface area contributed by atoms with Crippen LogP contribution in [0.4, 0.5) is 0 Å². The van der Waals surface area contributed by atoms with E-state index in [1.54, 1.807) is 10.6 Å². The summed E-state index contributed by atoms with van der Waals surface area (Å²) in [5.74, 6) is 0.299. The van der Waals surface area contributed by atoms with Gasteiger partial charge in [-0.2, -0.15) is 5.26 Å². The predicted molar refractivity (Wildman–Crippen MR) is 139 cm³/mol. The van der Waals surface area contributed by atoms with Crippen LogP contribution in [-0.4, -0.2) is 30.4 Å². The van der Waals surface area contributed by atoms with Crippen LogP contribution in [0.2, 0.25) is 0 Å². The lowest BCUT2D eigenvalue weighted by atomic mass is 9.97. The van der Waals surface area contributed by atoms with Gasteiger partial charge in [0, 0.05) is 6.54 Å². The largest absolute Gasteiger partial charge is 0.510 e. The van der Waals surface area contributed by atoms with Crippen molar-refractivity contribution in [2.24, 2.45) is 0 Å². The molecule has 1 aliphatic carbocycles. The van der Waals surface area contributed by atoms with Gasteiger partial charge in [-0.3, -0.25) is 9.36 Å². The number of nitrogens with one attached hydrogen (secondary N) is 1. The second-order valence-electron chi connectivity index (χ2n) is 8.55. The highest BCUT2D eigenvalue weighted by molar-refractivity contribution is 7.99. The number of thioether (sulfide) groups is 1. The molecular weight excluding hydrogens is 458 g/mol.